The van der Waals surface area contributed by atoms with Gasteiger partial charge in [0, 0.05) is 6.04 Å². The van der Waals surface area contributed by atoms with Gasteiger partial charge in [0.1, 0.15) is 0 Å². The first kappa shape index (κ1) is 17.4. The van der Waals surface area contributed by atoms with Crippen LogP contribution in [0.15, 0.2) is 24.3 Å². The van der Waals surface area contributed by atoms with E-state index in [1.807, 2.05) is 6.92 Å². The number of likely N-dealkylation sites (tertiary alicyclic amines) is 1. The monoisotopic (exact) mass is 330 g/mol. The van der Waals surface area contributed by atoms with Crippen molar-refractivity contribution in [2.45, 2.75) is 64.1 Å². The summed E-state index contributed by atoms with van der Waals surface area (Å²) in [4.78, 5) is 14.8. The predicted octanol–water partition coefficient (Wildman–Crippen LogP) is 2.80. The summed E-state index contributed by atoms with van der Waals surface area (Å²) >= 11 is 0. The quantitative estimate of drug-likeness (QED) is 0.808. The molecule has 0 radical (unpaired) electrons. The molecule has 3 rings (SSSR count). The summed E-state index contributed by atoms with van der Waals surface area (Å²) in [5.74, 6) is 0.702. The Labute approximate surface area is 145 Å². The van der Waals surface area contributed by atoms with E-state index in [1.165, 1.54) is 24.0 Å². The number of benzene rings is 1. The van der Waals surface area contributed by atoms with Gasteiger partial charge < -0.3 is 10.4 Å². The third-order valence-corrected chi connectivity index (χ3v) is 5.31. The lowest BCUT2D eigenvalue weighted by Gasteiger charge is -2.26. The number of hydrogen-bond acceptors (Lipinski definition) is 3. The number of aliphatic hydroxyl groups excluding tert-OH is 1. The van der Waals surface area contributed by atoms with Gasteiger partial charge in [-0.05, 0) is 64.0 Å². The molecule has 1 aliphatic carbocycles. The number of aliphatic hydroxyl groups is 1. The third kappa shape index (κ3) is 4.58. The number of rotatable bonds is 7. The molecule has 4 heteroatoms. The minimum atomic E-state index is -0.301. The van der Waals surface area contributed by atoms with Gasteiger partial charge in [0.15, 0.2) is 0 Å². The molecule has 0 bridgehead atoms. The molecule has 1 aromatic carbocycles. The molecule has 3 atom stereocenters. The zero-order valence-electron chi connectivity index (χ0n) is 14.9. The fraction of sp³-hybridized carbons (Fsp3) is 0.650. The van der Waals surface area contributed by atoms with E-state index in [1.54, 1.807) is 0 Å². The highest BCUT2D eigenvalue weighted by Gasteiger charge is 2.34. The van der Waals surface area contributed by atoms with Crippen LogP contribution in [0.25, 0.3) is 0 Å². The second-order valence-corrected chi connectivity index (χ2v) is 7.64. The minimum Gasteiger partial charge on any atom is -0.393 e. The summed E-state index contributed by atoms with van der Waals surface area (Å²) in [6.07, 6.45) is 5.07. The van der Waals surface area contributed by atoms with Crippen molar-refractivity contribution in [3.8, 4) is 0 Å². The maximum Gasteiger partial charge on any atom is 0.234 e. The maximum atomic E-state index is 12.6. The topological polar surface area (TPSA) is 52.6 Å². The largest absolute Gasteiger partial charge is 0.393 e. The lowest BCUT2D eigenvalue weighted by Crippen LogP contribution is -2.42. The number of carbonyl (C=O) groups is 1. The Bertz CT molecular complexity index is 551. The molecule has 2 N–H and O–H groups in total. The Hall–Kier alpha value is -1.39. The van der Waals surface area contributed by atoms with Crippen molar-refractivity contribution < 1.29 is 9.90 Å². The van der Waals surface area contributed by atoms with Crippen molar-refractivity contribution >= 4 is 5.91 Å². The highest BCUT2D eigenvalue weighted by Crippen LogP contribution is 2.41. The van der Waals surface area contributed by atoms with Crippen LogP contribution in [0.3, 0.4) is 0 Å². The van der Waals surface area contributed by atoms with Gasteiger partial charge in [0.25, 0.3) is 0 Å². The maximum absolute atomic E-state index is 12.6. The van der Waals surface area contributed by atoms with Crippen LogP contribution in [-0.4, -0.2) is 41.1 Å². The number of carbonyl (C=O) groups excluding carboxylic acids is 1. The lowest BCUT2D eigenvalue weighted by atomic mass is 10.0. The normalized spacial score (nSPS) is 23.9. The number of aryl methyl sites for hydroxylation is 1. The average molecular weight is 330 g/mol. The molecule has 1 saturated carbocycles. The number of nitrogens with one attached hydrogen (secondary N) is 1. The van der Waals surface area contributed by atoms with Crippen molar-refractivity contribution in [2.24, 2.45) is 5.92 Å². The summed E-state index contributed by atoms with van der Waals surface area (Å²) in [5, 5.41) is 12.9. The van der Waals surface area contributed by atoms with Crippen LogP contribution in [-0.2, 0) is 4.79 Å². The van der Waals surface area contributed by atoms with E-state index in [-0.39, 0.29) is 18.1 Å². The smallest absolute Gasteiger partial charge is 0.234 e. The number of hydrogen-bond donors (Lipinski definition) is 2. The molecule has 1 amide bonds. The van der Waals surface area contributed by atoms with Crippen molar-refractivity contribution in [1.29, 1.82) is 0 Å². The van der Waals surface area contributed by atoms with Crippen LogP contribution in [0.5, 0.6) is 0 Å². The molecule has 2 aliphatic rings. The molecule has 1 aromatic rings. The van der Waals surface area contributed by atoms with E-state index in [9.17, 15) is 9.90 Å². The first-order valence-corrected chi connectivity index (χ1v) is 9.31. The Morgan fingerprint density at radius 1 is 1.29 bits per heavy atom. The molecule has 1 aliphatic heterocycles. The van der Waals surface area contributed by atoms with Crippen LogP contribution >= 0.6 is 0 Å². The predicted molar refractivity (Wildman–Crippen MR) is 95.7 cm³/mol. The first-order chi connectivity index (χ1) is 11.5. The fourth-order valence-corrected chi connectivity index (χ4v) is 3.84. The summed E-state index contributed by atoms with van der Waals surface area (Å²) < 4.78 is 0. The van der Waals surface area contributed by atoms with Crippen LogP contribution in [0, 0.1) is 12.8 Å². The highest BCUT2D eigenvalue weighted by molar-refractivity contribution is 5.78. The van der Waals surface area contributed by atoms with Gasteiger partial charge in [-0.2, -0.15) is 0 Å². The molecule has 24 heavy (non-hydrogen) atoms. The minimum absolute atomic E-state index is 0.116. The van der Waals surface area contributed by atoms with Gasteiger partial charge >= 0.3 is 0 Å². The Balaban J connectivity index is 1.59. The van der Waals surface area contributed by atoms with Gasteiger partial charge in [-0.3, -0.25) is 9.69 Å². The summed E-state index contributed by atoms with van der Waals surface area (Å²) in [5.41, 5.74) is 2.47. The molecule has 4 nitrogen and oxygen atoms in total. The summed E-state index contributed by atoms with van der Waals surface area (Å²) in [6.45, 7) is 5.33. The second kappa shape index (κ2) is 7.66. The third-order valence-electron chi connectivity index (χ3n) is 5.31. The van der Waals surface area contributed by atoms with E-state index < -0.39 is 0 Å². The van der Waals surface area contributed by atoms with Crippen LogP contribution in [0.4, 0.5) is 0 Å². The molecule has 2 fully saturated rings. The van der Waals surface area contributed by atoms with E-state index in [0.29, 0.717) is 18.5 Å². The Morgan fingerprint density at radius 3 is 2.62 bits per heavy atom. The molecule has 1 saturated heterocycles. The molecular weight excluding hydrogens is 300 g/mol. The van der Waals surface area contributed by atoms with Crippen molar-refractivity contribution in [1.82, 2.24) is 10.2 Å². The SMILES string of the molecule is Cc1ccc(C(NC(=O)CN2CCCC2CC(C)O)C2CC2)cc1. The number of nitrogens with zero attached hydrogens (tertiary/aromatic N) is 1. The van der Waals surface area contributed by atoms with Crippen molar-refractivity contribution in [3.63, 3.8) is 0 Å². The molecule has 0 spiro atoms. The van der Waals surface area contributed by atoms with E-state index in [4.69, 9.17) is 0 Å². The fourth-order valence-electron chi connectivity index (χ4n) is 3.84. The van der Waals surface area contributed by atoms with Gasteiger partial charge in [0.05, 0.1) is 18.7 Å². The van der Waals surface area contributed by atoms with E-state index in [2.05, 4.69) is 41.4 Å². The molecule has 3 unspecified atom stereocenters. The molecular formula is C20H30N2O2. The molecule has 132 valence electrons. The first-order valence-electron chi connectivity index (χ1n) is 9.31. The van der Waals surface area contributed by atoms with Gasteiger partial charge in [-0.15, -0.1) is 0 Å². The average Bonchev–Trinajstić information content (AvgIpc) is 3.29. The van der Waals surface area contributed by atoms with Crippen LogP contribution in [0.2, 0.25) is 0 Å². The van der Waals surface area contributed by atoms with Crippen LogP contribution in [0.1, 0.15) is 56.2 Å². The van der Waals surface area contributed by atoms with Crippen molar-refractivity contribution in [2.75, 3.05) is 13.1 Å². The second-order valence-electron chi connectivity index (χ2n) is 7.64. The standard InChI is InChI=1S/C20H30N2O2/c1-14-5-7-16(8-6-14)20(17-9-10-17)21-19(24)13-22-11-3-4-18(22)12-15(2)23/h5-8,15,17-18,20,23H,3-4,9-13H2,1-2H3,(H,21,24). The number of amides is 1. The Kier molecular flexibility index (Phi) is 5.57. The van der Waals surface area contributed by atoms with Gasteiger partial charge in [0.2, 0.25) is 5.91 Å². The van der Waals surface area contributed by atoms with Gasteiger partial charge in [-0.1, -0.05) is 29.8 Å². The molecule has 0 aromatic heterocycles. The zero-order valence-corrected chi connectivity index (χ0v) is 14.9. The lowest BCUT2D eigenvalue weighted by molar-refractivity contribution is -0.123. The van der Waals surface area contributed by atoms with Crippen LogP contribution < -0.4 is 5.32 Å². The zero-order chi connectivity index (χ0) is 17.1. The Morgan fingerprint density at radius 2 is 2.00 bits per heavy atom. The van der Waals surface area contributed by atoms with Gasteiger partial charge in [-0.25, -0.2) is 0 Å². The van der Waals surface area contributed by atoms with Crippen molar-refractivity contribution in [3.05, 3.63) is 35.4 Å². The summed E-state index contributed by atoms with van der Waals surface area (Å²) in [6, 6.07) is 9.02. The van der Waals surface area contributed by atoms with E-state index in [0.717, 1.165) is 25.8 Å². The highest BCUT2D eigenvalue weighted by atomic mass is 16.3. The summed E-state index contributed by atoms with van der Waals surface area (Å²) in [7, 11) is 0. The van der Waals surface area contributed by atoms with E-state index >= 15 is 0 Å². The molecule has 1 heterocycles.